The van der Waals surface area contributed by atoms with Crippen LogP contribution in [0.25, 0.3) is 6.08 Å². The minimum absolute atomic E-state index is 0.701. The zero-order valence-electron chi connectivity index (χ0n) is 17.4. The Hall–Kier alpha value is -2.26. The molecule has 2 aromatic rings. The van der Waals surface area contributed by atoms with Gasteiger partial charge in [-0.25, -0.2) is 0 Å². The van der Waals surface area contributed by atoms with Crippen molar-refractivity contribution in [1.29, 1.82) is 0 Å². The molecule has 1 aliphatic rings. The molecule has 0 saturated heterocycles. The number of hydrogen-bond acceptors (Lipinski definition) is 3. The van der Waals surface area contributed by atoms with Crippen LogP contribution in [0.5, 0.6) is 11.5 Å². The third-order valence-corrected chi connectivity index (χ3v) is 5.18. The molecule has 0 fully saturated rings. The first-order valence-electron chi connectivity index (χ1n) is 10.6. The molecule has 0 unspecified atom stereocenters. The first kappa shape index (κ1) is 21.4. The lowest BCUT2D eigenvalue weighted by Gasteiger charge is -2.20. The van der Waals surface area contributed by atoms with E-state index in [0.717, 1.165) is 78.6 Å². The molecule has 0 spiro atoms. The summed E-state index contributed by atoms with van der Waals surface area (Å²) in [7, 11) is 0. The van der Waals surface area contributed by atoms with Crippen molar-refractivity contribution in [2.24, 2.45) is 4.99 Å². The highest BCUT2D eigenvalue weighted by molar-refractivity contribution is 6.30. The van der Waals surface area contributed by atoms with Crippen LogP contribution in [0.4, 0.5) is 0 Å². The lowest BCUT2D eigenvalue weighted by molar-refractivity contribution is 0.261. The number of fused-ring (bicyclic) bond motifs is 1. The predicted molar refractivity (Wildman–Crippen MR) is 123 cm³/mol. The van der Waals surface area contributed by atoms with E-state index in [4.69, 9.17) is 26.1 Å². The van der Waals surface area contributed by atoms with Gasteiger partial charge in [0, 0.05) is 17.1 Å². The fourth-order valence-corrected chi connectivity index (χ4v) is 3.33. The third kappa shape index (κ3) is 6.11. The molecule has 0 saturated carbocycles. The maximum Gasteiger partial charge on any atom is 0.161 e. The van der Waals surface area contributed by atoms with E-state index in [0.29, 0.717) is 6.61 Å². The van der Waals surface area contributed by atoms with Crippen LogP contribution >= 0.6 is 11.6 Å². The smallest absolute Gasteiger partial charge is 0.161 e. The van der Waals surface area contributed by atoms with Crippen molar-refractivity contribution in [2.45, 2.75) is 46.0 Å². The molecular formula is C25H30ClNO2. The number of benzene rings is 2. The Morgan fingerprint density at radius 3 is 2.24 bits per heavy atom. The molecular weight excluding hydrogens is 382 g/mol. The largest absolute Gasteiger partial charge is 0.490 e. The number of aliphatic imine (C=N–C) groups is 1. The number of hydrogen-bond donors (Lipinski definition) is 0. The predicted octanol–water partition coefficient (Wildman–Crippen LogP) is 6.76. The van der Waals surface area contributed by atoms with Gasteiger partial charge in [0.15, 0.2) is 11.5 Å². The summed E-state index contributed by atoms with van der Waals surface area (Å²) in [4.78, 5) is 4.75. The molecule has 0 atom stereocenters. The van der Waals surface area contributed by atoms with Crippen molar-refractivity contribution in [3.8, 4) is 11.5 Å². The molecule has 0 aliphatic carbocycles. The lowest BCUT2D eigenvalue weighted by Crippen LogP contribution is -2.13. The van der Waals surface area contributed by atoms with Crippen LogP contribution in [0.3, 0.4) is 0 Å². The molecule has 0 N–H and O–H groups in total. The summed E-state index contributed by atoms with van der Waals surface area (Å²) >= 11 is 5.98. The Labute approximate surface area is 179 Å². The summed E-state index contributed by atoms with van der Waals surface area (Å²) in [5.74, 6) is 1.68. The molecule has 3 nitrogen and oxygen atoms in total. The standard InChI is InChI=1S/C25H30ClNO2/c1-3-5-15-28-24-17-20-13-14-27-23(12-9-19-7-10-21(26)11-8-19)22(20)18-25(24)29-16-6-4-2/h7-12,17-18H,3-6,13-16H2,1-2H3/b12-9+. The topological polar surface area (TPSA) is 30.8 Å². The summed E-state index contributed by atoms with van der Waals surface area (Å²) < 4.78 is 12.1. The monoisotopic (exact) mass is 411 g/mol. The number of nitrogens with zero attached hydrogens (tertiary/aromatic N) is 1. The summed E-state index contributed by atoms with van der Waals surface area (Å²) in [6.07, 6.45) is 9.37. The number of ether oxygens (including phenoxy) is 2. The van der Waals surface area contributed by atoms with Gasteiger partial charge in [-0.05, 0) is 60.7 Å². The second-order valence-corrected chi connectivity index (χ2v) is 7.70. The zero-order valence-corrected chi connectivity index (χ0v) is 18.2. The average molecular weight is 412 g/mol. The third-order valence-electron chi connectivity index (χ3n) is 4.92. The Morgan fingerprint density at radius 2 is 1.59 bits per heavy atom. The first-order valence-corrected chi connectivity index (χ1v) is 11.0. The highest BCUT2D eigenvalue weighted by Crippen LogP contribution is 2.34. The van der Waals surface area contributed by atoms with Crippen LogP contribution in [0.2, 0.25) is 5.02 Å². The molecule has 2 aromatic carbocycles. The molecule has 0 aromatic heterocycles. The molecule has 1 aliphatic heterocycles. The molecule has 0 radical (unpaired) electrons. The van der Waals surface area contributed by atoms with Gasteiger partial charge in [-0.2, -0.15) is 0 Å². The summed E-state index contributed by atoms with van der Waals surface area (Å²) in [6, 6.07) is 12.1. The Balaban J connectivity index is 1.85. The maximum absolute atomic E-state index is 6.08. The van der Waals surface area contributed by atoms with Crippen LogP contribution in [0.1, 0.15) is 56.2 Å². The van der Waals surface area contributed by atoms with E-state index < -0.39 is 0 Å². The minimum Gasteiger partial charge on any atom is -0.490 e. The minimum atomic E-state index is 0.701. The van der Waals surface area contributed by atoms with Gasteiger partial charge in [0.2, 0.25) is 0 Å². The van der Waals surface area contributed by atoms with Crippen molar-refractivity contribution in [2.75, 3.05) is 19.8 Å². The van der Waals surface area contributed by atoms with Crippen LogP contribution in [-0.4, -0.2) is 25.5 Å². The highest BCUT2D eigenvalue weighted by atomic mass is 35.5. The Bertz CT molecular complexity index is 856. The molecule has 154 valence electrons. The second-order valence-electron chi connectivity index (χ2n) is 7.26. The van der Waals surface area contributed by atoms with Crippen LogP contribution in [0, 0.1) is 0 Å². The lowest BCUT2D eigenvalue weighted by atomic mass is 9.96. The SMILES string of the molecule is CCCCOc1cc2c(cc1OCCCC)C(/C=C/c1ccc(Cl)cc1)=NCC2. The Morgan fingerprint density at radius 1 is 0.931 bits per heavy atom. The van der Waals surface area contributed by atoms with Gasteiger partial charge in [-0.1, -0.05) is 56.5 Å². The number of halogens is 1. The molecule has 0 amide bonds. The summed E-state index contributed by atoms with van der Waals surface area (Å²) in [6.45, 7) is 6.55. The molecule has 29 heavy (non-hydrogen) atoms. The van der Waals surface area contributed by atoms with Gasteiger partial charge < -0.3 is 9.47 Å². The quantitative estimate of drug-likeness (QED) is 0.404. The summed E-state index contributed by atoms with van der Waals surface area (Å²) in [5.41, 5.74) is 4.49. The van der Waals surface area contributed by atoms with Crippen LogP contribution in [0.15, 0.2) is 47.5 Å². The van der Waals surface area contributed by atoms with Crippen molar-refractivity contribution in [3.05, 3.63) is 64.2 Å². The maximum atomic E-state index is 6.08. The van der Waals surface area contributed by atoms with Crippen molar-refractivity contribution in [3.63, 3.8) is 0 Å². The number of unbranched alkanes of at least 4 members (excludes halogenated alkanes) is 2. The van der Waals surface area contributed by atoms with Crippen molar-refractivity contribution in [1.82, 2.24) is 0 Å². The normalized spacial score (nSPS) is 13.3. The van der Waals surface area contributed by atoms with E-state index in [9.17, 15) is 0 Å². The number of allylic oxidation sites excluding steroid dienone is 1. The van der Waals surface area contributed by atoms with Crippen LogP contribution in [-0.2, 0) is 6.42 Å². The number of rotatable bonds is 10. The van der Waals surface area contributed by atoms with E-state index in [1.54, 1.807) is 0 Å². The van der Waals surface area contributed by atoms with Crippen LogP contribution < -0.4 is 9.47 Å². The fraction of sp³-hybridized carbons (Fsp3) is 0.400. The average Bonchev–Trinajstić information content (AvgIpc) is 2.74. The van der Waals surface area contributed by atoms with E-state index >= 15 is 0 Å². The van der Waals surface area contributed by atoms with E-state index in [1.807, 2.05) is 24.3 Å². The highest BCUT2D eigenvalue weighted by Gasteiger charge is 2.18. The Kier molecular flexibility index (Phi) is 8.18. The molecule has 3 rings (SSSR count). The van der Waals surface area contributed by atoms with Gasteiger partial charge in [0.25, 0.3) is 0 Å². The fourth-order valence-electron chi connectivity index (χ4n) is 3.20. The van der Waals surface area contributed by atoms with Gasteiger partial charge in [0.1, 0.15) is 0 Å². The van der Waals surface area contributed by atoms with Crippen molar-refractivity contribution < 1.29 is 9.47 Å². The summed E-state index contributed by atoms with van der Waals surface area (Å²) in [5, 5.41) is 0.743. The molecule has 0 bridgehead atoms. The second kappa shape index (κ2) is 11.1. The van der Waals surface area contributed by atoms with Gasteiger partial charge in [-0.15, -0.1) is 0 Å². The molecule has 1 heterocycles. The first-order chi connectivity index (χ1) is 14.2. The van der Waals surface area contributed by atoms with E-state index in [1.165, 1.54) is 5.56 Å². The zero-order chi connectivity index (χ0) is 20.5. The van der Waals surface area contributed by atoms with Crippen molar-refractivity contribution >= 4 is 23.4 Å². The van der Waals surface area contributed by atoms with Gasteiger partial charge in [-0.3, -0.25) is 4.99 Å². The van der Waals surface area contributed by atoms with E-state index in [2.05, 4.69) is 38.1 Å². The van der Waals surface area contributed by atoms with Gasteiger partial charge >= 0.3 is 0 Å². The van der Waals surface area contributed by atoms with Gasteiger partial charge in [0.05, 0.1) is 18.9 Å². The van der Waals surface area contributed by atoms with E-state index in [-0.39, 0.29) is 0 Å². The molecule has 4 heteroatoms.